The predicted molar refractivity (Wildman–Crippen MR) is 144 cm³/mol. The second-order valence-electron chi connectivity index (χ2n) is 8.27. The topological polar surface area (TPSA) is 101 Å². The molecule has 8 heteroatoms. The van der Waals surface area contributed by atoms with Crippen molar-refractivity contribution in [1.29, 1.82) is 0 Å². The number of nitrogens with one attached hydrogen (secondary N) is 2. The largest absolute Gasteiger partial charge is 0.497 e. The van der Waals surface area contributed by atoms with Crippen LogP contribution in [0.2, 0.25) is 0 Å². The third-order valence-corrected chi connectivity index (χ3v) is 5.71. The molecule has 2 rings (SSSR count). The first kappa shape index (κ1) is 28.6. The molecular weight excluding hydrogens is 456 g/mol. The lowest BCUT2D eigenvalue weighted by molar-refractivity contribution is -0.122. The molecule has 0 bridgehead atoms. The van der Waals surface area contributed by atoms with E-state index in [2.05, 4.69) is 21.1 Å². The standard InChI is InChI=1S/C28H38N4O4/c1-5-25(21-13-17-23(35-3)18-14-21)29-31-27(33)11-9-7-8-10-12-28(34)32-30-26(6-2)22-15-19-24(36-4)20-16-22/h13-20H,5-12H2,1-4H3,(H,31,33)(H,32,34)/b29-25+,30-26+. The minimum absolute atomic E-state index is 0.104. The van der Waals surface area contributed by atoms with Gasteiger partial charge in [0.25, 0.3) is 0 Å². The van der Waals surface area contributed by atoms with Crippen LogP contribution in [0, 0.1) is 0 Å². The zero-order valence-corrected chi connectivity index (χ0v) is 21.8. The van der Waals surface area contributed by atoms with Crippen molar-refractivity contribution in [2.45, 2.75) is 65.2 Å². The van der Waals surface area contributed by atoms with Gasteiger partial charge >= 0.3 is 0 Å². The van der Waals surface area contributed by atoms with Crippen LogP contribution in [0.4, 0.5) is 0 Å². The first-order valence-electron chi connectivity index (χ1n) is 12.5. The molecule has 194 valence electrons. The van der Waals surface area contributed by atoms with E-state index in [9.17, 15) is 9.59 Å². The summed E-state index contributed by atoms with van der Waals surface area (Å²) in [5, 5.41) is 8.57. The van der Waals surface area contributed by atoms with Crippen molar-refractivity contribution in [3.8, 4) is 11.5 Å². The number of hydrazone groups is 2. The van der Waals surface area contributed by atoms with Crippen LogP contribution < -0.4 is 20.3 Å². The van der Waals surface area contributed by atoms with Crippen LogP contribution in [0.3, 0.4) is 0 Å². The fraction of sp³-hybridized carbons (Fsp3) is 0.429. The van der Waals surface area contributed by atoms with Gasteiger partial charge in [-0.1, -0.05) is 26.7 Å². The molecule has 0 aliphatic heterocycles. The van der Waals surface area contributed by atoms with E-state index in [1.165, 1.54) is 0 Å². The fourth-order valence-corrected chi connectivity index (χ4v) is 3.56. The molecule has 0 heterocycles. The Hall–Kier alpha value is -3.68. The number of carbonyl (C=O) groups excluding carboxylic acids is 2. The Morgan fingerprint density at radius 1 is 0.639 bits per heavy atom. The van der Waals surface area contributed by atoms with E-state index in [-0.39, 0.29) is 11.8 Å². The summed E-state index contributed by atoms with van der Waals surface area (Å²) in [6.07, 6.45) is 5.47. The summed E-state index contributed by atoms with van der Waals surface area (Å²) in [4.78, 5) is 24.3. The SMILES string of the molecule is CC/C(=N\NC(=O)CCCCCCC(=O)N/N=C(\CC)c1ccc(OC)cc1)c1ccc(OC)cc1. The smallest absolute Gasteiger partial charge is 0.240 e. The average molecular weight is 495 g/mol. The molecule has 0 radical (unpaired) electrons. The molecule has 8 nitrogen and oxygen atoms in total. The lowest BCUT2D eigenvalue weighted by atomic mass is 10.1. The Kier molecular flexibility index (Phi) is 12.8. The summed E-state index contributed by atoms with van der Waals surface area (Å²) < 4.78 is 10.3. The molecule has 2 N–H and O–H groups in total. The van der Waals surface area contributed by atoms with Gasteiger partial charge in [-0.2, -0.15) is 10.2 Å². The number of hydrogen-bond donors (Lipinski definition) is 2. The van der Waals surface area contributed by atoms with Gasteiger partial charge in [0.05, 0.1) is 25.6 Å². The van der Waals surface area contributed by atoms with E-state index >= 15 is 0 Å². The monoisotopic (exact) mass is 494 g/mol. The Labute approximate surface area is 214 Å². The van der Waals surface area contributed by atoms with Gasteiger partial charge in [0.2, 0.25) is 11.8 Å². The number of hydrogen-bond acceptors (Lipinski definition) is 6. The highest BCUT2D eigenvalue weighted by Gasteiger charge is 2.06. The van der Waals surface area contributed by atoms with Gasteiger partial charge in [0.1, 0.15) is 11.5 Å². The lowest BCUT2D eigenvalue weighted by Gasteiger charge is -2.07. The van der Waals surface area contributed by atoms with Crippen molar-refractivity contribution >= 4 is 23.2 Å². The minimum Gasteiger partial charge on any atom is -0.497 e. The number of ether oxygens (including phenoxy) is 2. The lowest BCUT2D eigenvalue weighted by Crippen LogP contribution is -2.20. The maximum atomic E-state index is 12.1. The molecule has 2 aromatic carbocycles. The van der Waals surface area contributed by atoms with E-state index in [1.54, 1.807) is 14.2 Å². The molecule has 0 aliphatic rings. The second kappa shape index (κ2) is 16.1. The summed E-state index contributed by atoms with van der Waals surface area (Å²) in [7, 11) is 3.25. The van der Waals surface area contributed by atoms with Gasteiger partial charge in [-0.3, -0.25) is 9.59 Å². The first-order chi connectivity index (χ1) is 17.5. The molecule has 2 aromatic rings. The number of carbonyl (C=O) groups is 2. The molecule has 0 fully saturated rings. The van der Waals surface area contributed by atoms with Crippen LogP contribution in [-0.2, 0) is 9.59 Å². The molecule has 0 saturated heterocycles. The van der Waals surface area contributed by atoms with Gasteiger partial charge in [-0.25, -0.2) is 10.9 Å². The van der Waals surface area contributed by atoms with Gasteiger partial charge in [-0.05, 0) is 85.3 Å². The van der Waals surface area contributed by atoms with Gasteiger partial charge in [-0.15, -0.1) is 0 Å². The molecule has 0 spiro atoms. The molecule has 2 amide bonds. The Balaban J connectivity index is 1.64. The highest BCUT2D eigenvalue weighted by molar-refractivity contribution is 6.01. The Morgan fingerprint density at radius 2 is 1.00 bits per heavy atom. The summed E-state index contributed by atoms with van der Waals surface area (Å²) >= 11 is 0. The molecule has 0 unspecified atom stereocenters. The molecule has 36 heavy (non-hydrogen) atoms. The number of benzene rings is 2. The summed E-state index contributed by atoms with van der Waals surface area (Å²) in [5.74, 6) is 1.35. The number of unbranched alkanes of at least 4 members (excludes halogenated alkanes) is 3. The quantitative estimate of drug-likeness (QED) is 0.202. The number of methoxy groups -OCH3 is 2. The van der Waals surface area contributed by atoms with E-state index < -0.39 is 0 Å². The first-order valence-corrected chi connectivity index (χ1v) is 12.5. The molecule has 0 aliphatic carbocycles. The molecule has 0 atom stereocenters. The Bertz CT molecular complexity index is 931. The predicted octanol–water partition coefficient (Wildman–Crippen LogP) is 5.21. The number of rotatable bonds is 15. The number of amides is 2. The van der Waals surface area contributed by atoms with Crippen molar-refractivity contribution in [3.05, 3.63) is 59.7 Å². The van der Waals surface area contributed by atoms with Crippen molar-refractivity contribution < 1.29 is 19.1 Å². The third-order valence-electron chi connectivity index (χ3n) is 5.71. The summed E-state index contributed by atoms with van der Waals surface area (Å²) in [5.41, 5.74) is 8.85. The summed E-state index contributed by atoms with van der Waals surface area (Å²) in [6, 6.07) is 15.2. The van der Waals surface area contributed by atoms with E-state index in [0.717, 1.165) is 59.7 Å². The maximum Gasteiger partial charge on any atom is 0.240 e. The van der Waals surface area contributed by atoms with Crippen LogP contribution in [0.25, 0.3) is 0 Å². The minimum atomic E-state index is -0.104. The van der Waals surface area contributed by atoms with Gasteiger partial charge in [0.15, 0.2) is 0 Å². The second-order valence-corrected chi connectivity index (χ2v) is 8.27. The van der Waals surface area contributed by atoms with Crippen molar-refractivity contribution in [2.75, 3.05) is 14.2 Å². The van der Waals surface area contributed by atoms with Crippen molar-refractivity contribution in [2.24, 2.45) is 10.2 Å². The van der Waals surface area contributed by atoms with Gasteiger partial charge in [0, 0.05) is 12.8 Å². The van der Waals surface area contributed by atoms with Crippen LogP contribution in [0.1, 0.15) is 76.3 Å². The molecule has 0 aromatic heterocycles. The van der Waals surface area contributed by atoms with Crippen LogP contribution >= 0.6 is 0 Å². The van der Waals surface area contributed by atoms with Gasteiger partial charge < -0.3 is 9.47 Å². The van der Waals surface area contributed by atoms with Crippen LogP contribution in [0.5, 0.6) is 11.5 Å². The highest BCUT2D eigenvalue weighted by atomic mass is 16.5. The average Bonchev–Trinajstić information content (AvgIpc) is 2.92. The van der Waals surface area contributed by atoms with Crippen molar-refractivity contribution in [1.82, 2.24) is 10.9 Å². The fourth-order valence-electron chi connectivity index (χ4n) is 3.56. The third kappa shape index (κ3) is 9.90. The van der Waals surface area contributed by atoms with E-state index in [4.69, 9.17) is 9.47 Å². The van der Waals surface area contributed by atoms with E-state index in [1.807, 2.05) is 62.4 Å². The Morgan fingerprint density at radius 3 is 1.31 bits per heavy atom. The normalized spacial score (nSPS) is 11.7. The zero-order valence-electron chi connectivity index (χ0n) is 21.8. The van der Waals surface area contributed by atoms with Crippen LogP contribution in [-0.4, -0.2) is 37.5 Å². The maximum absolute atomic E-state index is 12.1. The molecule has 0 saturated carbocycles. The highest BCUT2D eigenvalue weighted by Crippen LogP contribution is 2.14. The number of nitrogens with zero attached hydrogens (tertiary/aromatic N) is 2. The summed E-state index contributed by atoms with van der Waals surface area (Å²) in [6.45, 7) is 4.00. The zero-order chi connectivity index (χ0) is 26.2. The molecular formula is C28H38N4O4. The van der Waals surface area contributed by atoms with Crippen molar-refractivity contribution in [3.63, 3.8) is 0 Å². The van der Waals surface area contributed by atoms with Crippen LogP contribution in [0.15, 0.2) is 58.7 Å². The van der Waals surface area contributed by atoms with E-state index in [0.29, 0.717) is 25.7 Å².